The van der Waals surface area contributed by atoms with Crippen molar-refractivity contribution in [2.24, 2.45) is 5.41 Å². The monoisotopic (exact) mass is 438 g/mol. The fourth-order valence-electron chi connectivity index (χ4n) is 6.04. The van der Waals surface area contributed by atoms with Gasteiger partial charge in [-0.05, 0) is 29.4 Å². The van der Waals surface area contributed by atoms with Crippen molar-refractivity contribution in [1.82, 2.24) is 0 Å². The normalized spacial score (nSPS) is 28.7. The zero-order valence-electron chi connectivity index (χ0n) is 18.4. The van der Waals surface area contributed by atoms with E-state index in [1.165, 1.54) is 24.6 Å². The molecule has 2 bridgehead atoms. The smallest absolute Gasteiger partial charge is 0.204 e. The van der Waals surface area contributed by atoms with Gasteiger partial charge < -0.3 is 4.74 Å². The summed E-state index contributed by atoms with van der Waals surface area (Å²) in [6.07, 6.45) is 5.92. The van der Waals surface area contributed by atoms with Gasteiger partial charge in [-0.3, -0.25) is 4.79 Å². The number of rotatable bonds is 3. The minimum atomic E-state index is -1.04. The summed E-state index contributed by atoms with van der Waals surface area (Å²) in [5.41, 5.74) is 2.82. The third-order valence-electron chi connectivity index (χ3n) is 7.63. The second-order valence-corrected chi connectivity index (χ2v) is 10.9. The molecular weight excluding hydrogens is 411 g/mol. The predicted molar refractivity (Wildman–Crippen MR) is 130 cm³/mol. The number of carbonyl (C=O) groups is 1. The standard InChI is InChI=1S/C29H27O2P/c1-27(19-11-4-12-20-27)26-28(21-13-5-2-6-14-21)25(30)23-17-9-10-18-24(23)29(31-28,32-26)22-15-7-3-8-16-22/h2-3,5-10,13-18H,4,11-12,19-20H2,1H3. The highest BCUT2D eigenvalue weighted by Gasteiger charge is 2.65. The molecule has 3 aromatic carbocycles. The van der Waals surface area contributed by atoms with Crippen molar-refractivity contribution in [2.45, 2.75) is 50.0 Å². The average Bonchev–Trinajstić information content (AvgIpc) is 3.21. The number of ketones is 1. The van der Waals surface area contributed by atoms with Gasteiger partial charge in [0, 0.05) is 16.4 Å². The highest BCUT2D eigenvalue weighted by Crippen LogP contribution is 2.64. The van der Waals surface area contributed by atoms with Crippen LogP contribution in [0.15, 0.2) is 84.9 Å². The van der Waals surface area contributed by atoms with E-state index in [-0.39, 0.29) is 11.2 Å². The summed E-state index contributed by atoms with van der Waals surface area (Å²) in [6.45, 7) is 2.37. The molecule has 6 rings (SSSR count). The third-order valence-corrected chi connectivity index (χ3v) is 9.62. The maximum absolute atomic E-state index is 14.4. The van der Waals surface area contributed by atoms with Gasteiger partial charge >= 0.3 is 0 Å². The molecule has 3 aromatic rings. The maximum atomic E-state index is 14.4. The van der Waals surface area contributed by atoms with Crippen LogP contribution in [0.5, 0.6) is 0 Å². The summed E-state index contributed by atoms with van der Waals surface area (Å²) in [6, 6.07) is 28.8. The molecule has 2 atom stereocenters. The number of carbonyl (C=O) groups excluding carboxylic acids is 1. The van der Waals surface area contributed by atoms with Crippen LogP contribution in [0.4, 0.5) is 0 Å². The molecule has 3 heteroatoms. The molecule has 160 valence electrons. The third kappa shape index (κ3) is 2.63. The van der Waals surface area contributed by atoms with Crippen molar-refractivity contribution in [3.63, 3.8) is 0 Å². The van der Waals surface area contributed by atoms with Crippen LogP contribution >= 0.6 is 8.20 Å². The van der Waals surface area contributed by atoms with Gasteiger partial charge in [0.25, 0.3) is 0 Å². The molecule has 1 saturated carbocycles. The highest BCUT2D eigenvalue weighted by atomic mass is 31.1. The first-order valence-corrected chi connectivity index (χ1v) is 12.6. The molecule has 0 aromatic heterocycles. The van der Waals surface area contributed by atoms with E-state index in [9.17, 15) is 4.79 Å². The van der Waals surface area contributed by atoms with Gasteiger partial charge in [0.2, 0.25) is 5.78 Å². The lowest BCUT2D eigenvalue weighted by Crippen LogP contribution is -2.53. The number of benzene rings is 3. The van der Waals surface area contributed by atoms with Crippen LogP contribution < -0.4 is 0 Å². The van der Waals surface area contributed by atoms with Crippen LogP contribution in [0, 0.1) is 5.41 Å². The lowest BCUT2D eigenvalue weighted by molar-refractivity contribution is -0.0455. The zero-order valence-corrected chi connectivity index (χ0v) is 19.3. The first-order chi connectivity index (χ1) is 15.6. The minimum Gasteiger partial charge on any atom is -0.333 e. The van der Waals surface area contributed by atoms with Gasteiger partial charge in [-0.2, -0.15) is 0 Å². The van der Waals surface area contributed by atoms with Crippen molar-refractivity contribution >= 4 is 19.3 Å². The van der Waals surface area contributed by atoms with Crippen LogP contribution in [0.25, 0.3) is 0 Å². The largest absolute Gasteiger partial charge is 0.333 e. The molecule has 0 spiro atoms. The molecule has 0 saturated heterocycles. The molecule has 2 aliphatic heterocycles. The van der Waals surface area contributed by atoms with Crippen LogP contribution in [0.3, 0.4) is 0 Å². The van der Waals surface area contributed by atoms with E-state index in [1.54, 1.807) is 0 Å². The van der Waals surface area contributed by atoms with Gasteiger partial charge in [0.1, 0.15) is 0 Å². The minimum absolute atomic E-state index is 0.0239. The van der Waals surface area contributed by atoms with Crippen molar-refractivity contribution in [3.05, 3.63) is 107 Å². The van der Waals surface area contributed by atoms with Crippen LogP contribution in [0.2, 0.25) is 0 Å². The Morgan fingerprint density at radius 3 is 2.03 bits per heavy atom. The molecule has 2 unspecified atom stereocenters. The molecule has 1 aliphatic carbocycles. The van der Waals surface area contributed by atoms with Crippen LogP contribution in [-0.4, -0.2) is 11.1 Å². The summed E-state index contributed by atoms with van der Waals surface area (Å²) in [4.78, 5) is 14.4. The van der Waals surface area contributed by atoms with Gasteiger partial charge in [0.15, 0.2) is 10.9 Å². The summed E-state index contributed by atoms with van der Waals surface area (Å²) in [7, 11) is 1.10. The second-order valence-electron chi connectivity index (χ2n) is 9.62. The molecule has 2 heterocycles. The van der Waals surface area contributed by atoms with Crippen molar-refractivity contribution in [3.8, 4) is 0 Å². The van der Waals surface area contributed by atoms with Crippen molar-refractivity contribution in [1.29, 1.82) is 0 Å². The van der Waals surface area contributed by atoms with E-state index in [4.69, 9.17) is 4.74 Å². The Hall–Kier alpha value is -2.54. The number of hydrogen-bond donors (Lipinski definition) is 0. The van der Waals surface area contributed by atoms with E-state index in [2.05, 4.69) is 49.4 Å². The van der Waals surface area contributed by atoms with Crippen LogP contribution in [0.1, 0.15) is 66.1 Å². The topological polar surface area (TPSA) is 26.3 Å². The summed E-state index contributed by atoms with van der Waals surface area (Å²) in [5, 5.41) is 0.582. The molecule has 0 radical (unpaired) electrons. The van der Waals surface area contributed by atoms with Gasteiger partial charge in [0.05, 0.1) is 0 Å². The summed E-state index contributed by atoms with van der Waals surface area (Å²) in [5.74, 6) is 0.0951. The zero-order chi connectivity index (χ0) is 21.8. The Morgan fingerprint density at radius 1 is 0.750 bits per heavy atom. The van der Waals surface area contributed by atoms with E-state index in [1.807, 2.05) is 42.5 Å². The molecule has 0 N–H and O–H groups in total. The molecular formula is C29H27O2P. The molecule has 1 fully saturated rings. The van der Waals surface area contributed by atoms with E-state index < -0.39 is 10.9 Å². The second kappa shape index (κ2) is 7.24. The molecule has 32 heavy (non-hydrogen) atoms. The van der Waals surface area contributed by atoms with E-state index >= 15 is 0 Å². The Labute approximate surface area is 191 Å². The SMILES string of the molecule is CC1(C2=PC3(c4ccccc4)OC2(c2ccccc2)C(=O)c2ccccc23)CCCCC1. The first-order valence-electron chi connectivity index (χ1n) is 11.7. The molecule has 3 aliphatic rings. The Bertz CT molecular complexity index is 1210. The van der Waals surface area contributed by atoms with Crippen molar-refractivity contribution in [2.75, 3.05) is 0 Å². The van der Waals surface area contributed by atoms with Gasteiger partial charge in [-0.1, -0.05) is 119 Å². The van der Waals surface area contributed by atoms with Gasteiger partial charge in [-0.15, -0.1) is 0 Å². The highest BCUT2D eigenvalue weighted by molar-refractivity contribution is 7.43. The number of ether oxygens (including phenoxy) is 1. The molecule has 2 nitrogen and oxygen atoms in total. The van der Waals surface area contributed by atoms with Crippen LogP contribution in [-0.2, 0) is 15.7 Å². The summed E-state index contributed by atoms with van der Waals surface area (Å²) < 4.78 is 7.22. The lowest BCUT2D eigenvalue weighted by Gasteiger charge is -2.45. The number of hydrogen-bond acceptors (Lipinski definition) is 2. The first kappa shape index (κ1) is 20.1. The quantitative estimate of drug-likeness (QED) is 0.408. The van der Waals surface area contributed by atoms with Gasteiger partial charge in [-0.25, -0.2) is 0 Å². The Morgan fingerprint density at radius 2 is 1.34 bits per heavy atom. The van der Waals surface area contributed by atoms with E-state index in [0.29, 0.717) is 0 Å². The fraction of sp³-hybridized carbons (Fsp3) is 0.310. The molecule has 0 amide bonds. The number of fused-ring (bicyclic) bond motifs is 4. The fourth-order valence-corrected chi connectivity index (χ4v) is 8.05. The number of Topliss-reactive ketones (excluding diaryl/α,β-unsaturated/α-hetero) is 1. The summed E-state index contributed by atoms with van der Waals surface area (Å²) >= 11 is 0. The van der Waals surface area contributed by atoms with Crippen molar-refractivity contribution < 1.29 is 9.53 Å². The lowest BCUT2D eigenvalue weighted by atomic mass is 9.65. The average molecular weight is 439 g/mol. The predicted octanol–water partition coefficient (Wildman–Crippen LogP) is 7.10. The Kier molecular flexibility index (Phi) is 4.54. The Balaban J connectivity index is 1.71. The maximum Gasteiger partial charge on any atom is 0.204 e. The van der Waals surface area contributed by atoms with E-state index in [0.717, 1.165) is 43.3 Å².